The van der Waals surface area contributed by atoms with Crippen molar-refractivity contribution in [3.05, 3.63) is 55.2 Å². The summed E-state index contributed by atoms with van der Waals surface area (Å²) in [5.41, 5.74) is -0.409. The molecule has 0 N–H and O–H groups in total. The van der Waals surface area contributed by atoms with Gasteiger partial charge in [0.05, 0.1) is 21.8 Å². The number of methoxy groups -OCH3 is 1. The summed E-state index contributed by atoms with van der Waals surface area (Å²) in [6.07, 6.45) is 1.15. The fourth-order valence-electron chi connectivity index (χ4n) is 3.01. The second kappa shape index (κ2) is 6.22. The Balaban J connectivity index is 2.35. The summed E-state index contributed by atoms with van der Waals surface area (Å²) in [7, 11) is 1.46. The Morgan fingerprint density at radius 2 is 2.11 bits per heavy atom. The molecule has 8 nitrogen and oxygen atoms in total. The maximum absolute atomic E-state index is 13.0. The smallest absolute Gasteiger partial charge is 0.385 e. The van der Waals surface area contributed by atoms with Crippen molar-refractivity contribution in [3.63, 3.8) is 0 Å². The maximum Gasteiger partial charge on any atom is 0.385 e. The number of imidazole rings is 1. The highest BCUT2D eigenvalue weighted by Crippen LogP contribution is 2.36. The van der Waals surface area contributed by atoms with Crippen LogP contribution in [-0.4, -0.2) is 22.5 Å². The predicted molar refractivity (Wildman–Crippen MR) is 99.3 cm³/mol. The first-order valence-electron chi connectivity index (χ1n) is 7.47. The van der Waals surface area contributed by atoms with Crippen LogP contribution in [-0.2, 0) is 0 Å². The Morgan fingerprint density at radius 3 is 2.74 bits per heavy atom. The predicted octanol–water partition coefficient (Wildman–Crippen LogP) is 1.23. The van der Waals surface area contributed by atoms with Crippen LogP contribution in [0.15, 0.2) is 29.2 Å². The van der Waals surface area contributed by atoms with E-state index in [1.54, 1.807) is 12.1 Å². The van der Waals surface area contributed by atoms with Crippen molar-refractivity contribution in [2.45, 2.75) is 0 Å². The quantitative estimate of drug-likeness (QED) is 0.161. The number of aromatic nitrogens is 2. The van der Waals surface area contributed by atoms with Crippen LogP contribution in [0.2, 0.25) is 5.02 Å². The third kappa shape index (κ3) is 2.50. The molecule has 3 heterocycles. The number of ether oxygens (including phenoxy) is 1. The molecular weight excluding hydrogens is 417 g/mol. The summed E-state index contributed by atoms with van der Waals surface area (Å²) < 4.78 is 8.82. The molecule has 0 amide bonds. The lowest BCUT2D eigenvalue weighted by Crippen LogP contribution is -2.47. The Labute approximate surface area is 164 Å². The molecule has 0 bridgehead atoms. The van der Waals surface area contributed by atoms with Gasteiger partial charge < -0.3 is 9.84 Å². The van der Waals surface area contributed by atoms with Crippen LogP contribution in [0.3, 0.4) is 0 Å². The molecule has 0 radical (unpaired) electrons. The number of nitrogens with zero attached hydrogens (tertiary/aromatic N) is 3. The average Bonchev–Trinajstić information content (AvgIpc) is 2.94. The van der Waals surface area contributed by atoms with E-state index in [1.807, 2.05) is 0 Å². The molecule has 11 heteroatoms. The monoisotopic (exact) mass is 425 g/mol. The van der Waals surface area contributed by atoms with Gasteiger partial charge >= 0.3 is 17.1 Å². The number of hydrogen-bond acceptors (Lipinski definition) is 6. The molecule has 4 rings (SSSR count). The molecule has 0 atom stereocenters. The Hall–Kier alpha value is -2.62. The van der Waals surface area contributed by atoms with Gasteiger partial charge in [-0.25, -0.2) is 4.79 Å². The van der Waals surface area contributed by atoms with E-state index in [0.717, 1.165) is 6.20 Å². The molecule has 2 aromatic rings. The lowest BCUT2D eigenvalue weighted by atomic mass is 10.3. The summed E-state index contributed by atoms with van der Waals surface area (Å²) in [5, 5.41) is 23.6. The van der Waals surface area contributed by atoms with Gasteiger partial charge in [-0.3, -0.25) is 10.1 Å². The number of fused-ring (bicyclic) bond motifs is 2. The van der Waals surface area contributed by atoms with Gasteiger partial charge in [-0.15, -0.1) is 22.9 Å². The minimum absolute atomic E-state index is 0.245. The van der Waals surface area contributed by atoms with Crippen molar-refractivity contribution in [2.75, 3.05) is 13.0 Å². The highest BCUT2D eigenvalue weighted by Gasteiger charge is 2.32. The third-order valence-electron chi connectivity index (χ3n) is 4.14. The molecule has 0 fully saturated rings. The highest BCUT2D eigenvalue weighted by molar-refractivity contribution is 7.24. The lowest BCUT2D eigenvalue weighted by Gasteiger charge is -2.07. The standard InChI is InChI=1S/C16H9Cl2N3O5S/c1-26-11-4-12-9(3-8(11)18)20-15-13(27-12)2-7(21(24)25)6-19(15)14(16(20)23)10(22)5-17/h2-4,6H,5H2,1H3. The van der Waals surface area contributed by atoms with E-state index in [0.29, 0.717) is 31.5 Å². The molecule has 2 aliphatic rings. The van der Waals surface area contributed by atoms with Crippen LogP contribution >= 0.6 is 34.5 Å². The normalized spacial score (nSPS) is 12.9. The fourth-order valence-corrected chi connectivity index (χ4v) is 4.49. The van der Waals surface area contributed by atoms with Crippen LogP contribution < -0.4 is 25.2 Å². The molecule has 0 saturated heterocycles. The first-order valence-corrected chi connectivity index (χ1v) is 9.20. The maximum atomic E-state index is 13.0. The molecule has 27 heavy (non-hydrogen) atoms. The summed E-state index contributed by atoms with van der Waals surface area (Å²) in [4.78, 5) is 23.8. The average molecular weight is 426 g/mol. The zero-order chi connectivity index (χ0) is 19.5. The molecular formula is C16H9Cl2N3O5S. The molecule has 2 aliphatic heterocycles. The Kier molecular flexibility index (Phi) is 4.10. The second-order valence-electron chi connectivity index (χ2n) is 5.62. The molecule has 1 aromatic carbocycles. The summed E-state index contributed by atoms with van der Waals surface area (Å²) in [6.45, 7) is 0. The van der Waals surface area contributed by atoms with Gasteiger partial charge in [0.2, 0.25) is 5.35 Å². The second-order valence-corrected chi connectivity index (χ2v) is 7.37. The first kappa shape index (κ1) is 17.8. The van der Waals surface area contributed by atoms with E-state index in [2.05, 4.69) is 0 Å². The van der Waals surface area contributed by atoms with Gasteiger partial charge in [-0.1, -0.05) is 17.4 Å². The Bertz CT molecular complexity index is 1330. The van der Waals surface area contributed by atoms with E-state index >= 15 is 0 Å². The molecule has 0 unspecified atom stereocenters. The molecule has 0 aliphatic carbocycles. The number of rotatable bonds is 3. The number of benzene rings is 1. The van der Waals surface area contributed by atoms with Crippen molar-refractivity contribution in [1.82, 2.24) is 4.57 Å². The molecule has 0 saturated carbocycles. The zero-order valence-corrected chi connectivity index (χ0v) is 15.9. The zero-order valence-electron chi connectivity index (χ0n) is 13.6. The summed E-state index contributed by atoms with van der Waals surface area (Å²) in [6, 6.07) is 4.56. The summed E-state index contributed by atoms with van der Waals surface area (Å²) >= 11 is 13.1. The fraction of sp³-hybridized carbons (Fsp3) is 0.125. The van der Waals surface area contributed by atoms with Gasteiger partial charge in [0.1, 0.15) is 10.4 Å². The van der Waals surface area contributed by atoms with Crippen LogP contribution in [0.1, 0.15) is 0 Å². The highest BCUT2D eigenvalue weighted by atomic mass is 35.5. The van der Waals surface area contributed by atoms with Crippen LogP contribution in [0.25, 0.3) is 26.5 Å². The first-order chi connectivity index (χ1) is 12.9. The van der Waals surface area contributed by atoms with Gasteiger partial charge in [-0.2, -0.15) is 8.97 Å². The van der Waals surface area contributed by atoms with Crippen molar-refractivity contribution < 1.29 is 19.2 Å². The minimum Gasteiger partial charge on any atom is -0.872 e. The SMILES string of the molecule is COc1cc2sc3cc([N+](=O)[O-])c[n+]4c3-n(c(=O)/c4=C(/[O-])CCl)c2cc1Cl. The van der Waals surface area contributed by atoms with Crippen molar-refractivity contribution in [1.29, 1.82) is 0 Å². The van der Waals surface area contributed by atoms with E-state index in [4.69, 9.17) is 27.9 Å². The van der Waals surface area contributed by atoms with Gasteiger partial charge in [0, 0.05) is 24.1 Å². The number of alkyl halides is 1. The van der Waals surface area contributed by atoms with Crippen molar-refractivity contribution >= 4 is 60.9 Å². The van der Waals surface area contributed by atoms with Crippen LogP contribution in [0.5, 0.6) is 5.75 Å². The number of pyridine rings is 1. The number of nitro groups is 1. The van der Waals surface area contributed by atoms with Gasteiger partial charge in [0.15, 0.2) is 11.7 Å². The molecule has 138 valence electrons. The van der Waals surface area contributed by atoms with E-state index < -0.39 is 22.1 Å². The van der Waals surface area contributed by atoms with E-state index in [-0.39, 0.29) is 11.0 Å². The molecule has 0 spiro atoms. The van der Waals surface area contributed by atoms with Gasteiger partial charge in [0.25, 0.3) is 0 Å². The summed E-state index contributed by atoms with van der Waals surface area (Å²) in [5.74, 6) is -0.312. The van der Waals surface area contributed by atoms with E-state index in [9.17, 15) is 20.0 Å². The van der Waals surface area contributed by atoms with Crippen molar-refractivity contribution in [2.24, 2.45) is 0 Å². The van der Waals surface area contributed by atoms with Crippen LogP contribution in [0.4, 0.5) is 5.69 Å². The Morgan fingerprint density at radius 1 is 1.37 bits per heavy atom. The van der Waals surface area contributed by atoms with Crippen molar-refractivity contribution in [3.8, 4) is 11.6 Å². The molecule has 1 aromatic heterocycles. The van der Waals surface area contributed by atoms with Crippen LogP contribution in [0, 0.1) is 10.1 Å². The largest absolute Gasteiger partial charge is 0.872 e. The van der Waals surface area contributed by atoms with Gasteiger partial charge in [-0.05, 0) is 0 Å². The lowest BCUT2D eigenvalue weighted by molar-refractivity contribution is -0.552. The minimum atomic E-state index is -0.630. The number of halogens is 2. The number of hydrogen-bond donors (Lipinski definition) is 0. The third-order valence-corrected chi connectivity index (χ3v) is 5.74. The topological polar surface area (TPSA) is 102 Å². The van der Waals surface area contributed by atoms with E-state index in [1.165, 1.54) is 33.5 Å².